The summed E-state index contributed by atoms with van der Waals surface area (Å²) in [7, 11) is -3.49. The second-order valence-corrected chi connectivity index (χ2v) is 58.6. The van der Waals surface area contributed by atoms with E-state index in [0.29, 0.717) is 121 Å². The normalized spacial score (nSPS) is 51.2. The van der Waals surface area contributed by atoms with Gasteiger partial charge in [-0.3, -0.25) is 33.4 Å². The Morgan fingerprint density at radius 2 is 0.608 bits per heavy atom. The molecule has 0 bridgehead atoms. The zero-order valence-corrected chi connectivity index (χ0v) is 89.9. The second kappa shape index (κ2) is 41.9. The molecule has 25 saturated carbocycles. The lowest BCUT2D eigenvalue weighted by molar-refractivity contribution is -0.163. The Kier molecular flexibility index (Phi) is 32.0. The van der Waals surface area contributed by atoms with E-state index in [4.69, 9.17) is 29.8 Å². The number of aliphatic hydroxyl groups excluding tert-OH is 2. The molecular formula is C126H200N3O13P. The number of ether oxygens (including phenoxy) is 3. The SMILES string of the molecule is C.C.C.CC(=O)O[C@@H]1CC[C@]2(C)C3CC[C@]45CCC(=O)C[C@H]4CCC5C3CC[C@H]2C1.CC(=O)O[C@@H]1CC[C@]2(C)C3CC[C@]45CCC(C#N)C[C@H]4CCC5C3CC[C@H]2C1.C[C@]12CC[C@@H](O)C[C@@H]1CCC1C3CC[C@@H]4CC(=O)CC[C@]34CCC12.C[C@]12CC[C@@H](O)C[C@@H]1CCC1C3CC[C@@H]4C[C@@H](C#N)CC[C@]34CCC12.[C-]#[N+]C1(P(=O)(OCC)OCC)CC[C@]23CCC4C(CC[C@H]5C[C@H](OC(C)=O)CC[C@]45C)C2CC[C@@H]3C1. The lowest BCUT2D eigenvalue weighted by Gasteiger charge is -2.62. The number of nitriles is 2. The average molecular weight is 2000 g/mol. The zero-order valence-electron chi connectivity index (χ0n) is 89.0. The molecule has 0 aliphatic heterocycles. The van der Waals surface area contributed by atoms with Gasteiger partial charge in [-0.05, 0) is 563 Å². The summed E-state index contributed by atoms with van der Waals surface area (Å²) in [5, 5.41) is 38.2. The fourth-order valence-electron chi connectivity index (χ4n) is 46.4. The van der Waals surface area contributed by atoms with Crippen LogP contribution in [0.5, 0.6) is 0 Å². The minimum Gasteiger partial charge on any atom is -0.463 e. The number of carbonyl (C=O) groups is 5. The molecule has 0 radical (unpaired) electrons. The number of rotatable bonds is 8. The summed E-state index contributed by atoms with van der Waals surface area (Å²) in [6.07, 6.45) is 73.7. The Hall–Kier alpha value is -3.71. The van der Waals surface area contributed by atoms with Gasteiger partial charge in [-0.2, -0.15) is 10.5 Å². The molecule has 25 rings (SSSR count). The number of fused-ring (bicyclic) bond motifs is 20. The summed E-state index contributed by atoms with van der Waals surface area (Å²) in [5.74, 6) is 21.8. The highest BCUT2D eigenvalue weighted by Gasteiger charge is 2.73. The number of aliphatic hydroxyl groups is 2. The molecule has 25 fully saturated rings. The maximum Gasteiger partial charge on any atom is 0.415 e. The van der Waals surface area contributed by atoms with Crippen molar-refractivity contribution in [3.8, 4) is 12.1 Å². The molecule has 0 amide bonds. The van der Waals surface area contributed by atoms with Gasteiger partial charge in [-0.25, -0.2) is 6.57 Å². The van der Waals surface area contributed by atoms with E-state index in [0.717, 1.165) is 239 Å². The number of carbonyl (C=O) groups excluding carboxylic acids is 5. The van der Waals surface area contributed by atoms with Gasteiger partial charge < -0.3 is 33.5 Å². The number of ketones is 2. The van der Waals surface area contributed by atoms with Crippen molar-refractivity contribution >= 4 is 37.1 Å². The highest BCUT2D eigenvalue weighted by atomic mass is 31.2. The smallest absolute Gasteiger partial charge is 0.415 e. The number of esters is 3. The lowest BCUT2D eigenvalue weighted by atomic mass is 9.43. The Bertz CT molecular complexity index is 4710. The molecule has 5 spiro atoms. The zero-order chi connectivity index (χ0) is 97.9. The quantitative estimate of drug-likeness (QED) is 0.0994. The van der Waals surface area contributed by atoms with Gasteiger partial charge in [0.1, 0.15) is 29.9 Å². The van der Waals surface area contributed by atoms with E-state index in [1.54, 1.807) is 13.8 Å². The fraction of sp³-hybridized carbons (Fsp3) is 0.937. The van der Waals surface area contributed by atoms with Crippen LogP contribution in [-0.4, -0.2) is 88.7 Å². The molecule has 2 N–H and O–H groups in total. The minimum atomic E-state index is -3.49. The van der Waals surface area contributed by atoms with Crippen molar-refractivity contribution in [3.05, 3.63) is 11.4 Å². The van der Waals surface area contributed by atoms with E-state index in [1.807, 2.05) is 13.8 Å². The maximum atomic E-state index is 13.9. The molecule has 17 unspecified atom stereocenters. The van der Waals surface area contributed by atoms with Crippen LogP contribution in [0.15, 0.2) is 0 Å². The molecule has 143 heavy (non-hydrogen) atoms. The molecule has 0 aromatic rings. The molecule has 802 valence electrons. The maximum absolute atomic E-state index is 13.9. The van der Waals surface area contributed by atoms with Crippen LogP contribution in [0, 0.1) is 243 Å². The van der Waals surface area contributed by atoms with Crippen molar-refractivity contribution in [2.24, 2.45) is 214 Å². The lowest BCUT2D eigenvalue weighted by Crippen LogP contribution is -2.56. The van der Waals surface area contributed by atoms with Crippen LogP contribution in [0.1, 0.15) is 477 Å². The first kappa shape index (κ1) is 109. The van der Waals surface area contributed by atoms with Crippen molar-refractivity contribution in [1.29, 1.82) is 10.5 Å². The highest BCUT2D eigenvalue weighted by molar-refractivity contribution is 7.55. The van der Waals surface area contributed by atoms with Crippen molar-refractivity contribution < 1.29 is 62.0 Å². The van der Waals surface area contributed by atoms with Crippen molar-refractivity contribution in [3.63, 3.8) is 0 Å². The van der Waals surface area contributed by atoms with Gasteiger partial charge in [-0.15, -0.1) is 0 Å². The third-order valence-corrected chi connectivity index (χ3v) is 55.3. The van der Waals surface area contributed by atoms with Gasteiger partial charge in [0.2, 0.25) is 0 Å². The van der Waals surface area contributed by atoms with E-state index in [9.17, 15) is 49.3 Å². The molecule has 25 aliphatic carbocycles. The standard InChI is InChI=1S/C29H46NO5P.C25H37NO2.C24H36O3.C23H35NO.C22H34O2.3CH4/c1-6-33-36(32,34-7-2)29(30-5)17-16-28-15-13-25-24(26(28)11-9-22(28)19-29)10-8-21-18-23(35-20(3)31)12-14-27(21,25)4;1-16(27)28-20-8-10-24(2)18(14-20)3-5-21-22(24)9-12-25-11-7-17(15-26)13-19(25)4-6-23(21)25;1-15(25)27-19-8-10-23(2)16(14-19)3-5-20-21(23)9-12-24-11-7-18(26)13-17(24)4-6-22(20)24;1-22-9-7-18(25)13-16(22)2-4-19-20(22)8-11-23-10-6-15(14-24)12-17(23)3-5-21(19)23;1-21-9-6-16(23)12-14(21)2-4-18-19(21)8-11-22-10-7-17(24)13-15(22)3-5-20(18)22;;;/h21-26H,6-19H2,1-4H3;17-23H,3-14H2,1-2H3;16-17,19-22H,3-14H2,1-2H3;15-21,25H,2-13H2,1H3;14-16,18-20,23H,2-13H2,1H3;3*1H4/t21-,22+,23+,24?,25?,26?,27-,28-,29?;17?,18-,19+,20+,21?,22?,23?,24-,25+;16-,17+,19+,20?,21?,22?,23-,24+;15-,16-,17+,18+,19?,20?,21?,22-,23+;14-,15+,16+,18?,19?,20?,21-,22+;;;/m00000.../s1. The highest BCUT2D eigenvalue weighted by Crippen LogP contribution is 2.80. The van der Waals surface area contributed by atoms with Gasteiger partial charge in [-0.1, -0.05) is 56.9 Å². The molecule has 43 atom stereocenters. The molecule has 0 aromatic carbocycles. The Morgan fingerprint density at radius 3 is 0.909 bits per heavy atom. The molecule has 17 heteroatoms. The van der Waals surface area contributed by atoms with Crippen LogP contribution < -0.4 is 0 Å². The van der Waals surface area contributed by atoms with Gasteiger partial charge in [0.25, 0.3) is 0 Å². The molecular weight excluding hydrogens is 1790 g/mol. The third kappa shape index (κ3) is 18.3. The summed E-state index contributed by atoms with van der Waals surface area (Å²) >= 11 is 0. The molecule has 25 aliphatic rings. The number of nitrogens with zero attached hydrogens (tertiary/aromatic N) is 3. The number of hydrogen-bond donors (Lipinski definition) is 2. The largest absolute Gasteiger partial charge is 0.463 e. The molecule has 0 heterocycles. The van der Waals surface area contributed by atoms with Crippen LogP contribution in [0.2, 0.25) is 0 Å². The topological polar surface area (TPSA) is 241 Å². The van der Waals surface area contributed by atoms with E-state index >= 15 is 0 Å². The van der Waals surface area contributed by atoms with Gasteiger partial charge in [0.05, 0.1) is 37.6 Å². The third-order valence-electron chi connectivity index (χ3n) is 52.6. The van der Waals surface area contributed by atoms with Crippen LogP contribution >= 0.6 is 7.60 Å². The Balaban J connectivity index is 0.000000118. The molecule has 16 nitrogen and oxygen atoms in total. The van der Waals surface area contributed by atoms with E-state index < -0.39 is 12.9 Å². The summed E-state index contributed by atoms with van der Waals surface area (Å²) in [6.45, 7) is 30.0. The first-order chi connectivity index (χ1) is 67.1. The van der Waals surface area contributed by atoms with Crippen LogP contribution in [0.25, 0.3) is 4.85 Å². The summed E-state index contributed by atoms with van der Waals surface area (Å²) in [5.41, 5.74) is 4.84. The van der Waals surface area contributed by atoms with E-state index in [1.165, 1.54) is 270 Å². The minimum absolute atomic E-state index is 0. The van der Waals surface area contributed by atoms with Crippen molar-refractivity contribution in [1.82, 2.24) is 0 Å². The van der Waals surface area contributed by atoms with Crippen LogP contribution in [0.3, 0.4) is 0 Å². The van der Waals surface area contributed by atoms with Gasteiger partial charge in [0, 0.05) is 71.1 Å². The second-order valence-electron chi connectivity index (χ2n) is 56.2. The van der Waals surface area contributed by atoms with Gasteiger partial charge in [0.15, 0.2) is 0 Å². The monoisotopic (exact) mass is 1990 g/mol. The van der Waals surface area contributed by atoms with Crippen LogP contribution in [-0.2, 0) is 51.8 Å². The molecule has 0 aromatic heterocycles. The summed E-state index contributed by atoms with van der Waals surface area (Å²) < 4.78 is 42.3. The van der Waals surface area contributed by atoms with Crippen molar-refractivity contribution in [2.45, 2.75) is 513 Å². The van der Waals surface area contributed by atoms with E-state index in [-0.39, 0.29) is 70.7 Å². The predicted molar refractivity (Wildman–Crippen MR) is 564 cm³/mol. The van der Waals surface area contributed by atoms with Crippen LogP contribution in [0.4, 0.5) is 0 Å². The summed E-state index contributed by atoms with van der Waals surface area (Å²) in [6, 6.07) is 5.18. The van der Waals surface area contributed by atoms with E-state index in [2.05, 4.69) is 51.6 Å². The summed E-state index contributed by atoms with van der Waals surface area (Å²) in [4.78, 5) is 62.6. The Morgan fingerprint density at radius 1 is 0.336 bits per heavy atom. The first-order valence-corrected chi connectivity index (χ1v) is 61.7. The number of hydrogen-bond acceptors (Lipinski definition) is 15. The predicted octanol–water partition coefficient (Wildman–Crippen LogP) is 30.8. The average Bonchev–Trinajstić information content (AvgIpc) is 1.61. The fourth-order valence-corrected chi connectivity index (χ4v) is 48.6. The first-order valence-electron chi connectivity index (χ1n) is 60.1. The number of Topliss-reactive ketones (excluding diaryl/α,β-unsaturated/α-hetero) is 2. The molecule has 0 saturated heterocycles. The Labute approximate surface area is 867 Å². The van der Waals surface area contributed by atoms with Crippen molar-refractivity contribution in [2.75, 3.05) is 13.2 Å². The van der Waals surface area contributed by atoms with Gasteiger partial charge >= 0.3 is 30.8 Å².